The van der Waals surface area contributed by atoms with E-state index in [-0.39, 0.29) is 29.4 Å². The van der Waals surface area contributed by atoms with Crippen LogP contribution in [0.1, 0.15) is 63.8 Å². The van der Waals surface area contributed by atoms with Crippen molar-refractivity contribution in [1.82, 2.24) is 0 Å². The van der Waals surface area contributed by atoms with Crippen LogP contribution < -0.4 is 0 Å². The van der Waals surface area contributed by atoms with E-state index in [2.05, 4.69) is 0 Å². The fraction of sp³-hybridized carbons (Fsp3) is 0.429. The highest BCUT2D eigenvalue weighted by Crippen LogP contribution is 2.43. The van der Waals surface area contributed by atoms with Gasteiger partial charge in [-0.15, -0.1) is 0 Å². The maximum atomic E-state index is 10.4. The zero-order valence-corrected chi connectivity index (χ0v) is 15.8. The molecule has 136 valence electrons. The third-order valence-corrected chi connectivity index (χ3v) is 4.39. The van der Waals surface area contributed by atoms with Crippen molar-refractivity contribution in [2.45, 2.75) is 58.8 Å². The molecular formula is C21H28O4. The van der Waals surface area contributed by atoms with Crippen molar-refractivity contribution < 1.29 is 20.4 Å². The predicted octanol–water partition coefficient (Wildman–Crippen LogP) is 4.69. The fourth-order valence-electron chi connectivity index (χ4n) is 3.46. The maximum Gasteiger partial charge on any atom is 0.119 e. The Morgan fingerprint density at radius 2 is 0.840 bits per heavy atom. The van der Waals surface area contributed by atoms with Crippen LogP contribution in [0, 0.1) is 0 Å². The number of rotatable bonds is 2. The Labute approximate surface area is 149 Å². The van der Waals surface area contributed by atoms with Crippen molar-refractivity contribution >= 4 is 0 Å². The molecule has 0 aliphatic rings. The van der Waals surface area contributed by atoms with Gasteiger partial charge >= 0.3 is 0 Å². The van der Waals surface area contributed by atoms with E-state index in [1.807, 2.05) is 41.5 Å². The van der Waals surface area contributed by atoms with Gasteiger partial charge in [-0.1, -0.05) is 41.5 Å². The van der Waals surface area contributed by atoms with Crippen molar-refractivity contribution in [3.8, 4) is 23.0 Å². The van der Waals surface area contributed by atoms with Crippen LogP contribution in [0.5, 0.6) is 23.0 Å². The Hall–Kier alpha value is -2.36. The Balaban J connectivity index is 2.75. The van der Waals surface area contributed by atoms with Gasteiger partial charge in [-0.25, -0.2) is 0 Å². The van der Waals surface area contributed by atoms with E-state index >= 15 is 0 Å². The molecule has 0 heterocycles. The summed E-state index contributed by atoms with van der Waals surface area (Å²) in [6.45, 7) is 11.7. The van der Waals surface area contributed by atoms with Gasteiger partial charge in [0.2, 0.25) is 0 Å². The SMILES string of the molecule is CC(C)(C)c1c(O)ccc(O)c1Cc1c(O)ccc(O)c1C(C)(C)C. The molecule has 2 aromatic carbocycles. The van der Waals surface area contributed by atoms with Crippen molar-refractivity contribution in [3.05, 3.63) is 46.5 Å². The van der Waals surface area contributed by atoms with Gasteiger partial charge in [0.25, 0.3) is 0 Å². The van der Waals surface area contributed by atoms with Gasteiger partial charge in [-0.05, 0) is 35.1 Å². The molecule has 0 fully saturated rings. The molecule has 0 spiro atoms. The normalized spacial score (nSPS) is 12.4. The van der Waals surface area contributed by atoms with E-state index < -0.39 is 10.8 Å². The molecule has 0 aliphatic heterocycles. The van der Waals surface area contributed by atoms with E-state index in [1.165, 1.54) is 24.3 Å². The lowest BCUT2D eigenvalue weighted by molar-refractivity contribution is 0.422. The Kier molecular flexibility index (Phi) is 4.69. The molecule has 0 aliphatic carbocycles. The van der Waals surface area contributed by atoms with Crippen molar-refractivity contribution in [3.63, 3.8) is 0 Å². The number of benzene rings is 2. The Morgan fingerprint density at radius 1 is 0.560 bits per heavy atom. The maximum absolute atomic E-state index is 10.4. The summed E-state index contributed by atoms with van der Waals surface area (Å²) in [5.41, 5.74) is 1.59. The molecule has 4 heteroatoms. The lowest BCUT2D eigenvalue weighted by atomic mass is 9.77. The van der Waals surface area contributed by atoms with E-state index in [4.69, 9.17) is 0 Å². The molecule has 0 amide bonds. The first-order valence-electron chi connectivity index (χ1n) is 8.42. The smallest absolute Gasteiger partial charge is 0.119 e. The van der Waals surface area contributed by atoms with Crippen LogP contribution in [0.15, 0.2) is 24.3 Å². The van der Waals surface area contributed by atoms with E-state index in [1.54, 1.807) is 0 Å². The first kappa shape index (κ1) is 19.0. The van der Waals surface area contributed by atoms with Crippen molar-refractivity contribution in [1.29, 1.82) is 0 Å². The highest BCUT2D eigenvalue weighted by atomic mass is 16.3. The van der Waals surface area contributed by atoms with E-state index in [0.717, 1.165) is 0 Å². The molecule has 2 rings (SSSR count). The molecule has 0 aromatic heterocycles. The van der Waals surface area contributed by atoms with Gasteiger partial charge in [0.15, 0.2) is 0 Å². The highest BCUT2D eigenvalue weighted by Gasteiger charge is 2.29. The third kappa shape index (κ3) is 3.68. The average molecular weight is 344 g/mol. The minimum Gasteiger partial charge on any atom is -0.508 e. The molecular weight excluding hydrogens is 316 g/mol. The summed E-state index contributed by atoms with van der Waals surface area (Å²) < 4.78 is 0. The Morgan fingerprint density at radius 3 is 1.12 bits per heavy atom. The molecule has 0 bridgehead atoms. The van der Waals surface area contributed by atoms with Crippen LogP contribution in [0.2, 0.25) is 0 Å². The van der Waals surface area contributed by atoms with E-state index in [9.17, 15) is 20.4 Å². The second kappa shape index (κ2) is 6.17. The van der Waals surface area contributed by atoms with Crippen LogP contribution >= 0.6 is 0 Å². The average Bonchev–Trinajstić information content (AvgIpc) is 2.43. The van der Waals surface area contributed by atoms with Gasteiger partial charge in [0, 0.05) is 28.7 Å². The lowest BCUT2D eigenvalue weighted by Gasteiger charge is -2.28. The zero-order chi connectivity index (χ0) is 19.2. The van der Waals surface area contributed by atoms with Crippen LogP contribution in [-0.2, 0) is 17.3 Å². The third-order valence-electron chi connectivity index (χ3n) is 4.39. The summed E-state index contributed by atoms with van der Waals surface area (Å²) in [5.74, 6) is 0.338. The van der Waals surface area contributed by atoms with Gasteiger partial charge in [-0.3, -0.25) is 0 Å². The monoisotopic (exact) mass is 344 g/mol. The first-order valence-corrected chi connectivity index (χ1v) is 8.42. The van der Waals surface area contributed by atoms with Crippen LogP contribution in [-0.4, -0.2) is 20.4 Å². The summed E-state index contributed by atoms with van der Waals surface area (Å²) in [6, 6.07) is 5.87. The van der Waals surface area contributed by atoms with Gasteiger partial charge in [0.1, 0.15) is 23.0 Å². The van der Waals surface area contributed by atoms with Gasteiger partial charge in [0.05, 0.1) is 0 Å². The number of phenols is 4. The standard InChI is InChI=1S/C21H28O4/c1-20(2,3)18-12(14(22)7-9-16(18)24)11-13-15(23)8-10-17(25)19(13)21(4,5)6/h7-10,22-25H,11H2,1-6H3. The molecule has 2 aromatic rings. The molecule has 0 atom stereocenters. The predicted molar refractivity (Wildman–Crippen MR) is 99.7 cm³/mol. The first-order chi connectivity index (χ1) is 11.3. The van der Waals surface area contributed by atoms with Crippen LogP contribution in [0.4, 0.5) is 0 Å². The number of aromatic hydroxyl groups is 4. The second-order valence-corrected chi connectivity index (χ2v) is 8.59. The van der Waals surface area contributed by atoms with Crippen LogP contribution in [0.3, 0.4) is 0 Å². The number of hydrogen-bond acceptors (Lipinski definition) is 4. The molecule has 0 saturated carbocycles. The molecule has 0 radical (unpaired) electrons. The molecule has 4 N–H and O–H groups in total. The molecule has 0 unspecified atom stereocenters. The summed E-state index contributed by atoms with van der Waals surface area (Å²) in [7, 11) is 0. The summed E-state index contributed by atoms with van der Waals surface area (Å²) in [6.07, 6.45) is 0.208. The minimum absolute atomic E-state index is 0.0605. The zero-order valence-electron chi connectivity index (χ0n) is 15.8. The number of phenolic OH excluding ortho intramolecular Hbond substituents is 4. The van der Waals surface area contributed by atoms with Crippen molar-refractivity contribution in [2.24, 2.45) is 0 Å². The lowest BCUT2D eigenvalue weighted by Crippen LogP contribution is -2.18. The fourth-order valence-corrected chi connectivity index (χ4v) is 3.46. The minimum atomic E-state index is -0.396. The quantitative estimate of drug-likeness (QED) is 0.596. The summed E-state index contributed by atoms with van der Waals surface area (Å²) >= 11 is 0. The second-order valence-electron chi connectivity index (χ2n) is 8.59. The van der Waals surface area contributed by atoms with Crippen LogP contribution in [0.25, 0.3) is 0 Å². The van der Waals surface area contributed by atoms with E-state index in [0.29, 0.717) is 22.3 Å². The van der Waals surface area contributed by atoms with Crippen molar-refractivity contribution in [2.75, 3.05) is 0 Å². The summed E-state index contributed by atoms with van der Waals surface area (Å²) in [5, 5.41) is 41.6. The number of hydrogen-bond donors (Lipinski definition) is 4. The molecule has 4 nitrogen and oxygen atoms in total. The topological polar surface area (TPSA) is 80.9 Å². The molecule has 0 saturated heterocycles. The highest BCUT2D eigenvalue weighted by molar-refractivity contribution is 5.57. The summed E-state index contributed by atoms with van der Waals surface area (Å²) in [4.78, 5) is 0. The van der Waals surface area contributed by atoms with Gasteiger partial charge < -0.3 is 20.4 Å². The van der Waals surface area contributed by atoms with Gasteiger partial charge in [-0.2, -0.15) is 0 Å². The molecule has 25 heavy (non-hydrogen) atoms. The largest absolute Gasteiger partial charge is 0.508 e. The Bertz CT molecular complexity index is 726.